The van der Waals surface area contributed by atoms with Crippen molar-refractivity contribution < 1.29 is 17.9 Å². The minimum absolute atomic E-state index is 0.132. The van der Waals surface area contributed by atoms with Crippen molar-refractivity contribution in [2.45, 2.75) is 13.0 Å². The standard InChI is InChI=1S/C28H27N3O4S/c1-35-27-5-3-4-26(19-27)31(36(2,33)34)20-23-6-10-24(11-7-23)28(32)30-25-12-8-21(9-13-25)18-22-14-16-29-17-15-22/h3-17,19H,18,20H2,1-2H3,(H,30,32). The Morgan fingerprint density at radius 1 is 0.889 bits per heavy atom. The quantitative estimate of drug-likeness (QED) is 0.352. The van der Waals surface area contributed by atoms with Crippen LogP contribution >= 0.6 is 0 Å². The van der Waals surface area contributed by atoms with Crippen molar-refractivity contribution in [1.82, 2.24) is 4.98 Å². The van der Waals surface area contributed by atoms with Crippen molar-refractivity contribution >= 4 is 27.3 Å². The average Bonchev–Trinajstić information content (AvgIpc) is 2.88. The number of carbonyl (C=O) groups is 1. The van der Waals surface area contributed by atoms with Crippen molar-refractivity contribution in [2.75, 3.05) is 23.0 Å². The lowest BCUT2D eigenvalue weighted by Crippen LogP contribution is -2.29. The smallest absolute Gasteiger partial charge is 0.255 e. The molecule has 4 aromatic rings. The molecule has 0 aliphatic carbocycles. The van der Waals surface area contributed by atoms with Crippen molar-refractivity contribution in [1.29, 1.82) is 0 Å². The van der Waals surface area contributed by atoms with E-state index in [9.17, 15) is 13.2 Å². The van der Waals surface area contributed by atoms with Crippen molar-refractivity contribution in [3.63, 3.8) is 0 Å². The highest BCUT2D eigenvalue weighted by atomic mass is 32.2. The van der Waals surface area contributed by atoms with E-state index in [0.717, 1.165) is 23.8 Å². The highest BCUT2D eigenvalue weighted by Crippen LogP contribution is 2.25. The number of anilines is 2. The fourth-order valence-corrected chi connectivity index (χ4v) is 4.62. The van der Waals surface area contributed by atoms with Gasteiger partial charge in [-0.05, 0) is 71.6 Å². The van der Waals surface area contributed by atoms with Crippen LogP contribution in [0.1, 0.15) is 27.0 Å². The molecular formula is C28H27N3O4S. The monoisotopic (exact) mass is 501 g/mol. The van der Waals surface area contributed by atoms with E-state index in [1.54, 1.807) is 60.9 Å². The Balaban J connectivity index is 1.41. The zero-order chi connectivity index (χ0) is 25.5. The van der Waals surface area contributed by atoms with Gasteiger partial charge < -0.3 is 10.1 Å². The minimum atomic E-state index is -3.54. The molecule has 8 heteroatoms. The normalized spacial score (nSPS) is 11.1. The lowest BCUT2D eigenvalue weighted by molar-refractivity contribution is 0.102. The number of hydrogen-bond acceptors (Lipinski definition) is 5. The molecule has 1 amide bonds. The molecule has 0 aliphatic rings. The van der Waals surface area contributed by atoms with Gasteiger partial charge >= 0.3 is 0 Å². The van der Waals surface area contributed by atoms with Gasteiger partial charge in [-0.1, -0.05) is 30.3 Å². The number of nitrogens with zero attached hydrogens (tertiary/aromatic N) is 2. The van der Waals surface area contributed by atoms with Gasteiger partial charge in [0.2, 0.25) is 10.0 Å². The van der Waals surface area contributed by atoms with Crippen LogP contribution in [0.5, 0.6) is 5.75 Å². The molecule has 1 aromatic heterocycles. The van der Waals surface area contributed by atoms with Gasteiger partial charge in [0.1, 0.15) is 5.75 Å². The number of carbonyl (C=O) groups excluding carboxylic acids is 1. The SMILES string of the molecule is COc1cccc(N(Cc2ccc(C(=O)Nc3ccc(Cc4ccncc4)cc3)cc2)S(C)(=O)=O)c1. The number of benzene rings is 3. The third kappa shape index (κ3) is 6.49. The molecule has 0 aliphatic heterocycles. The third-order valence-corrected chi connectivity index (χ3v) is 6.79. The highest BCUT2D eigenvalue weighted by Gasteiger charge is 2.19. The van der Waals surface area contributed by atoms with E-state index in [0.29, 0.717) is 22.7 Å². The Hall–Kier alpha value is -4.17. The Morgan fingerprint density at radius 3 is 2.17 bits per heavy atom. The molecule has 0 fully saturated rings. The summed E-state index contributed by atoms with van der Waals surface area (Å²) in [5.41, 5.74) is 4.74. The Bertz CT molecular complexity index is 1420. The van der Waals surface area contributed by atoms with Crippen LogP contribution in [0.3, 0.4) is 0 Å². The zero-order valence-electron chi connectivity index (χ0n) is 20.1. The fraction of sp³-hybridized carbons (Fsp3) is 0.143. The van der Waals surface area contributed by atoms with Gasteiger partial charge in [-0.2, -0.15) is 0 Å². The maximum Gasteiger partial charge on any atom is 0.255 e. The van der Waals surface area contributed by atoms with E-state index in [1.807, 2.05) is 36.4 Å². The third-order valence-electron chi connectivity index (χ3n) is 5.65. The minimum Gasteiger partial charge on any atom is -0.497 e. The molecule has 0 atom stereocenters. The molecule has 1 N–H and O–H groups in total. The lowest BCUT2D eigenvalue weighted by atomic mass is 10.1. The number of rotatable bonds is 9. The molecule has 1 heterocycles. The molecular weight excluding hydrogens is 474 g/mol. The Morgan fingerprint density at radius 2 is 1.53 bits per heavy atom. The molecule has 3 aromatic carbocycles. The number of nitrogens with one attached hydrogen (secondary N) is 1. The molecule has 0 bridgehead atoms. The second kappa shape index (κ2) is 11.0. The molecule has 7 nitrogen and oxygen atoms in total. The molecule has 4 rings (SSSR count). The van der Waals surface area contributed by atoms with Crippen molar-refractivity contribution in [2.24, 2.45) is 0 Å². The first-order valence-electron chi connectivity index (χ1n) is 11.3. The van der Waals surface area contributed by atoms with Crippen molar-refractivity contribution in [3.8, 4) is 5.75 Å². The first-order chi connectivity index (χ1) is 17.3. The number of sulfonamides is 1. The molecule has 0 spiro atoms. The van der Waals surface area contributed by atoms with Crippen LogP contribution in [0.2, 0.25) is 0 Å². The first kappa shape index (κ1) is 24.9. The summed E-state index contributed by atoms with van der Waals surface area (Å²) >= 11 is 0. The average molecular weight is 502 g/mol. The van der Waals surface area contributed by atoms with E-state index in [4.69, 9.17) is 4.74 Å². The van der Waals surface area contributed by atoms with Crippen LogP contribution in [0.4, 0.5) is 11.4 Å². The summed E-state index contributed by atoms with van der Waals surface area (Å²) in [6.07, 6.45) is 5.49. The van der Waals surface area contributed by atoms with Crippen LogP contribution in [0, 0.1) is 0 Å². The predicted molar refractivity (Wildman–Crippen MR) is 142 cm³/mol. The van der Waals surface area contributed by atoms with Crippen molar-refractivity contribution in [3.05, 3.63) is 120 Å². The molecule has 36 heavy (non-hydrogen) atoms. The molecule has 0 unspecified atom stereocenters. The van der Waals surface area contributed by atoms with Crippen LogP contribution in [0.25, 0.3) is 0 Å². The first-order valence-corrected chi connectivity index (χ1v) is 13.2. The number of ether oxygens (including phenoxy) is 1. The second-order valence-electron chi connectivity index (χ2n) is 8.35. The molecule has 0 saturated heterocycles. The topological polar surface area (TPSA) is 88.6 Å². The summed E-state index contributed by atoms with van der Waals surface area (Å²) < 4.78 is 31.4. The van der Waals surface area contributed by atoms with E-state index in [1.165, 1.54) is 17.0 Å². The van der Waals surface area contributed by atoms with E-state index in [-0.39, 0.29) is 12.5 Å². The fourth-order valence-electron chi connectivity index (χ4n) is 3.74. The predicted octanol–water partition coefficient (Wildman–Crippen LogP) is 4.90. The summed E-state index contributed by atoms with van der Waals surface area (Å²) in [6, 6.07) is 25.4. The number of methoxy groups -OCH3 is 1. The summed E-state index contributed by atoms with van der Waals surface area (Å²) in [6.45, 7) is 0.132. The zero-order valence-corrected chi connectivity index (χ0v) is 20.9. The second-order valence-corrected chi connectivity index (χ2v) is 10.3. The van der Waals surface area contributed by atoms with Gasteiger partial charge in [-0.25, -0.2) is 8.42 Å². The number of aromatic nitrogens is 1. The highest BCUT2D eigenvalue weighted by molar-refractivity contribution is 7.92. The number of amides is 1. The van der Waals surface area contributed by atoms with E-state index < -0.39 is 10.0 Å². The maximum absolute atomic E-state index is 12.7. The van der Waals surface area contributed by atoms with E-state index >= 15 is 0 Å². The molecule has 184 valence electrons. The van der Waals surface area contributed by atoms with Crippen LogP contribution in [0.15, 0.2) is 97.3 Å². The summed E-state index contributed by atoms with van der Waals surface area (Å²) in [7, 11) is -2.00. The van der Waals surface area contributed by atoms with Gasteiger partial charge in [0.15, 0.2) is 0 Å². The van der Waals surface area contributed by atoms with Crippen LogP contribution in [-0.2, 0) is 23.0 Å². The van der Waals surface area contributed by atoms with Gasteiger partial charge in [0.25, 0.3) is 5.91 Å². The largest absolute Gasteiger partial charge is 0.497 e. The summed E-state index contributed by atoms with van der Waals surface area (Å²) in [5.74, 6) is 0.328. The summed E-state index contributed by atoms with van der Waals surface area (Å²) in [4.78, 5) is 16.8. The lowest BCUT2D eigenvalue weighted by Gasteiger charge is -2.23. The van der Waals surface area contributed by atoms with Crippen LogP contribution in [-0.4, -0.2) is 32.7 Å². The van der Waals surface area contributed by atoms with Crippen LogP contribution < -0.4 is 14.4 Å². The van der Waals surface area contributed by atoms with Gasteiger partial charge in [-0.15, -0.1) is 0 Å². The van der Waals surface area contributed by atoms with Gasteiger partial charge in [-0.3, -0.25) is 14.1 Å². The van der Waals surface area contributed by atoms with E-state index in [2.05, 4.69) is 10.3 Å². The molecule has 0 saturated carbocycles. The number of pyridine rings is 1. The summed E-state index contributed by atoms with van der Waals surface area (Å²) in [5, 5.41) is 2.90. The Kier molecular flexibility index (Phi) is 7.65. The van der Waals surface area contributed by atoms with Gasteiger partial charge in [0.05, 0.1) is 25.6 Å². The number of hydrogen-bond donors (Lipinski definition) is 1. The van der Waals surface area contributed by atoms with Gasteiger partial charge in [0, 0.05) is 29.7 Å². The molecule has 0 radical (unpaired) electrons. The maximum atomic E-state index is 12.7. The Labute approximate surface area is 211 Å².